The number of aliphatic hydroxyl groups excluding tert-OH is 1. The minimum atomic E-state index is -1.13. The van der Waals surface area contributed by atoms with Crippen LogP contribution in [0.2, 0.25) is 0 Å². The van der Waals surface area contributed by atoms with Gasteiger partial charge in [-0.05, 0) is 0 Å². The lowest BCUT2D eigenvalue weighted by molar-refractivity contribution is -0.150. The molecule has 1 aromatic heterocycles. The van der Waals surface area contributed by atoms with Gasteiger partial charge in [0.2, 0.25) is 5.82 Å². The summed E-state index contributed by atoms with van der Waals surface area (Å²) >= 11 is 0. The lowest BCUT2D eigenvalue weighted by atomic mass is 10.2. The Morgan fingerprint density at radius 3 is 2.95 bits per heavy atom. The number of rotatable bonds is 3. The number of H-pyrrole nitrogens is 1. The Morgan fingerprint density at radius 2 is 2.35 bits per heavy atom. The third kappa shape index (κ3) is 2.78. The molecule has 1 aliphatic rings. The summed E-state index contributed by atoms with van der Waals surface area (Å²) in [6.07, 6.45) is -1.71. The molecule has 110 valence electrons. The minimum absolute atomic E-state index is 0.0657. The van der Waals surface area contributed by atoms with E-state index in [0.29, 0.717) is 0 Å². The van der Waals surface area contributed by atoms with Crippen LogP contribution in [0.3, 0.4) is 0 Å². The van der Waals surface area contributed by atoms with E-state index in [-0.39, 0.29) is 6.42 Å². The summed E-state index contributed by atoms with van der Waals surface area (Å²) in [7, 11) is 0. The van der Waals surface area contributed by atoms with Crippen LogP contribution in [0.1, 0.15) is 19.6 Å². The first-order valence-electron chi connectivity index (χ1n) is 5.87. The molecular weight excluding hydrogens is 275 g/mol. The zero-order valence-corrected chi connectivity index (χ0v) is 10.5. The van der Waals surface area contributed by atoms with Crippen molar-refractivity contribution < 1.29 is 23.8 Å². The second-order valence-corrected chi connectivity index (χ2v) is 4.34. The summed E-state index contributed by atoms with van der Waals surface area (Å²) in [6, 6.07) is 0. The van der Waals surface area contributed by atoms with Crippen LogP contribution in [0.15, 0.2) is 15.8 Å². The van der Waals surface area contributed by atoms with Gasteiger partial charge in [-0.2, -0.15) is 4.39 Å². The van der Waals surface area contributed by atoms with Gasteiger partial charge in [-0.25, -0.2) is 4.79 Å². The van der Waals surface area contributed by atoms with E-state index in [4.69, 9.17) is 14.6 Å². The maximum absolute atomic E-state index is 13.2. The number of aromatic nitrogens is 2. The Kier molecular flexibility index (Phi) is 4.00. The standard InChI is InChI=1S/C11H13FN2O6/c1-5(16)19-7-2-9(20-8(7)4-15)14-3-6(12)10(17)13-11(14)18/h3,7-9,15H,2,4H2,1H3,(H,13,17,18)/t7?,8-,9-/m1/s1. The van der Waals surface area contributed by atoms with Crippen LogP contribution in [0, 0.1) is 5.82 Å². The number of carbonyl (C=O) groups excluding carboxylic acids is 1. The van der Waals surface area contributed by atoms with Crippen LogP contribution in [0.25, 0.3) is 0 Å². The van der Waals surface area contributed by atoms with Crippen molar-refractivity contribution in [3.63, 3.8) is 0 Å². The van der Waals surface area contributed by atoms with Crippen LogP contribution >= 0.6 is 0 Å². The lowest BCUT2D eigenvalue weighted by Crippen LogP contribution is -2.34. The van der Waals surface area contributed by atoms with Crippen molar-refractivity contribution in [3.05, 3.63) is 32.9 Å². The third-order valence-electron chi connectivity index (χ3n) is 2.91. The lowest BCUT2D eigenvalue weighted by Gasteiger charge is -2.15. The molecule has 1 saturated heterocycles. The van der Waals surface area contributed by atoms with Gasteiger partial charge >= 0.3 is 11.7 Å². The quantitative estimate of drug-likeness (QED) is 0.682. The number of ether oxygens (including phenoxy) is 2. The second kappa shape index (κ2) is 5.55. The number of hydrogen-bond donors (Lipinski definition) is 2. The van der Waals surface area contributed by atoms with Crippen molar-refractivity contribution in [2.24, 2.45) is 0 Å². The largest absolute Gasteiger partial charge is 0.460 e. The molecular formula is C11H13FN2O6. The van der Waals surface area contributed by atoms with Gasteiger partial charge in [-0.3, -0.25) is 19.1 Å². The number of aromatic amines is 1. The fourth-order valence-corrected chi connectivity index (χ4v) is 2.05. The molecule has 9 heteroatoms. The van der Waals surface area contributed by atoms with E-state index in [9.17, 15) is 18.8 Å². The molecule has 2 N–H and O–H groups in total. The average Bonchev–Trinajstić information content (AvgIpc) is 2.75. The number of hydrogen-bond acceptors (Lipinski definition) is 6. The summed E-state index contributed by atoms with van der Waals surface area (Å²) < 4.78 is 24.3. The number of nitrogens with one attached hydrogen (secondary N) is 1. The molecule has 1 aromatic rings. The molecule has 3 atom stereocenters. The summed E-state index contributed by atoms with van der Waals surface area (Å²) in [5, 5.41) is 9.15. The monoisotopic (exact) mass is 288 g/mol. The van der Waals surface area contributed by atoms with Crippen LogP contribution in [-0.4, -0.2) is 39.4 Å². The van der Waals surface area contributed by atoms with E-state index in [2.05, 4.69) is 0 Å². The van der Waals surface area contributed by atoms with E-state index < -0.39 is 48.1 Å². The smallest absolute Gasteiger partial charge is 0.330 e. The number of nitrogens with zero attached hydrogens (tertiary/aromatic N) is 1. The van der Waals surface area contributed by atoms with Gasteiger partial charge in [0.25, 0.3) is 5.56 Å². The topological polar surface area (TPSA) is 111 Å². The fraction of sp³-hybridized carbons (Fsp3) is 0.545. The molecule has 20 heavy (non-hydrogen) atoms. The van der Waals surface area contributed by atoms with Gasteiger partial charge in [0.1, 0.15) is 18.4 Å². The minimum Gasteiger partial charge on any atom is -0.460 e. The molecule has 0 amide bonds. The van der Waals surface area contributed by atoms with Gasteiger partial charge in [-0.1, -0.05) is 0 Å². The molecule has 1 unspecified atom stereocenters. The third-order valence-corrected chi connectivity index (χ3v) is 2.91. The molecule has 2 heterocycles. The molecule has 0 spiro atoms. The molecule has 8 nitrogen and oxygen atoms in total. The predicted molar refractivity (Wildman–Crippen MR) is 62.4 cm³/mol. The van der Waals surface area contributed by atoms with Crippen LogP contribution < -0.4 is 11.2 Å². The van der Waals surface area contributed by atoms with E-state index in [0.717, 1.165) is 10.8 Å². The zero-order chi connectivity index (χ0) is 14.9. The summed E-state index contributed by atoms with van der Waals surface area (Å²) in [6.45, 7) is 0.780. The Balaban J connectivity index is 2.27. The van der Waals surface area contributed by atoms with Gasteiger partial charge in [-0.15, -0.1) is 0 Å². The van der Waals surface area contributed by atoms with Crippen LogP contribution in [0.5, 0.6) is 0 Å². The Bertz CT molecular complexity index is 624. The zero-order valence-electron chi connectivity index (χ0n) is 10.5. The first kappa shape index (κ1) is 14.4. The van der Waals surface area contributed by atoms with E-state index in [1.165, 1.54) is 6.92 Å². The second-order valence-electron chi connectivity index (χ2n) is 4.34. The maximum Gasteiger partial charge on any atom is 0.330 e. The summed E-state index contributed by atoms with van der Waals surface area (Å²) in [5.41, 5.74) is -1.97. The molecule has 1 fully saturated rings. The number of halogens is 1. The summed E-state index contributed by atoms with van der Waals surface area (Å²) in [5.74, 6) is -1.69. The van der Waals surface area contributed by atoms with E-state index in [1.807, 2.05) is 0 Å². The predicted octanol–water partition coefficient (Wildman–Crippen LogP) is -1.11. The van der Waals surface area contributed by atoms with E-state index >= 15 is 0 Å². The highest BCUT2D eigenvalue weighted by molar-refractivity contribution is 5.66. The Morgan fingerprint density at radius 1 is 1.65 bits per heavy atom. The molecule has 0 bridgehead atoms. The van der Waals surface area contributed by atoms with Crippen molar-refractivity contribution >= 4 is 5.97 Å². The highest BCUT2D eigenvalue weighted by atomic mass is 19.1. The molecule has 0 radical (unpaired) electrons. The first-order valence-corrected chi connectivity index (χ1v) is 5.87. The molecule has 0 aliphatic carbocycles. The SMILES string of the molecule is CC(=O)OC1C[C@H](n2cc(F)c(=O)[nH]c2=O)O[C@@H]1CO. The number of carbonyl (C=O) groups is 1. The molecule has 0 saturated carbocycles. The normalized spacial score (nSPS) is 25.6. The molecule has 0 aromatic carbocycles. The Hall–Kier alpha value is -2.00. The van der Waals surface area contributed by atoms with Crippen LogP contribution in [-0.2, 0) is 14.3 Å². The molecule has 1 aliphatic heterocycles. The average molecular weight is 288 g/mol. The van der Waals surface area contributed by atoms with E-state index in [1.54, 1.807) is 4.98 Å². The maximum atomic E-state index is 13.2. The fourth-order valence-electron chi connectivity index (χ4n) is 2.05. The number of aliphatic hydroxyl groups is 1. The van der Waals surface area contributed by atoms with Gasteiger partial charge in [0, 0.05) is 13.3 Å². The van der Waals surface area contributed by atoms with Crippen molar-refractivity contribution in [3.8, 4) is 0 Å². The van der Waals surface area contributed by atoms with Gasteiger partial charge in [0.15, 0.2) is 0 Å². The van der Waals surface area contributed by atoms with Gasteiger partial charge < -0.3 is 14.6 Å². The van der Waals surface area contributed by atoms with Gasteiger partial charge in [0.05, 0.1) is 12.8 Å². The Labute approximate surface area is 111 Å². The first-order chi connectivity index (χ1) is 9.42. The van der Waals surface area contributed by atoms with Crippen LogP contribution in [0.4, 0.5) is 4.39 Å². The highest BCUT2D eigenvalue weighted by Crippen LogP contribution is 2.29. The number of esters is 1. The van der Waals surface area contributed by atoms with Crippen molar-refractivity contribution in [2.75, 3.05) is 6.61 Å². The highest BCUT2D eigenvalue weighted by Gasteiger charge is 2.38. The van der Waals surface area contributed by atoms with Crippen molar-refractivity contribution in [1.82, 2.24) is 9.55 Å². The molecule has 2 rings (SSSR count). The van der Waals surface area contributed by atoms with Crippen molar-refractivity contribution in [2.45, 2.75) is 31.8 Å². The summed E-state index contributed by atoms with van der Waals surface area (Å²) in [4.78, 5) is 35.3. The van der Waals surface area contributed by atoms with Crippen molar-refractivity contribution in [1.29, 1.82) is 0 Å².